The van der Waals surface area contributed by atoms with Gasteiger partial charge in [0.15, 0.2) is 0 Å². The maximum absolute atomic E-state index is 12.1. The first kappa shape index (κ1) is 14.5. The molecule has 1 unspecified atom stereocenters. The van der Waals surface area contributed by atoms with E-state index in [2.05, 4.69) is 20.8 Å². The van der Waals surface area contributed by atoms with Gasteiger partial charge in [-0.1, -0.05) is 33.6 Å². The molecule has 1 amide bonds. The summed E-state index contributed by atoms with van der Waals surface area (Å²) in [6.07, 6.45) is 5.15. The van der Waals surface area contributed by atoms with Gasteiger partial charge >= 0.3 is 0 Å². The highest BCUT2D eigenvalue weighted by Gasteiger charge is 2.30. The molecule has 1 rings (SSSR count). The third-order valence-corrected chi connectivity index (χ3v) is 4.55. The van der Waals surface area contributed by atoms with E-state index in [0.717, 1.165) is 32.4 Å². The Morgan fingerprint density at radius 2 is 1.94 bits per heavy atom. The summed E-state index contributed by atoms with van der Waals surface area (Å²) >= 11 is 0. The van der Waals surface area contributed by atoms with Crippen molar-refractivity contribution in [3.8, 4) is 0 Å². The molecular weight excluding hydrogens is 212 g/mol. The first-order valence-electron chi connectivity index (χ1n) is 7.02. The van der Waals surface area contributed by atoms with Crippen LogP contribution in [0.1, 0.15) is 52.9 Å². The van der Waals surface area contributed by atoms with Crippen LogP contribution in [0.3, 0.4) is 0 Å². The van der Waals surface area contributed by atoms with Crippen LogP contribution in [-0.2, 0) is 4.79 Å². The van der Waals surface area contributed by atoms with Crippen molar-refractivity contribution in [1.29, 1.82) is 0 Å². The van der Waals surface area contributed by atoms with E-state index in [9.17, 15) is 4.79 Å². The minimum atomic E-state index is 0.306. The van der Waals surface area contributed by atoms with Gasteiger partial charge in [-0.3, -0.25) is 4.79 Å². The Morgan fingerprint density at radius 3 is 2.35 bits per heavy atom. The number of nitrogens with two attached hydrogens (primary N) is 1. The van der Waals surface area contributed by atoms with Crippen molar-refractivity contribution in [2.24, 2.45) is 17.1 Å². The van der Waals surface area contributed by atoms with E-state index in [1.807, 2.05) is 4.90 Å². The third kappa shape index (κ3) is 3.98. The Balaban J connectivity index is 2.40. The second kappa shape index (κ2) is 6.39. The Labute approximate surface area is 106 Å². The lowest BCUT2D eigenvalue weighted by atomic mass is 9.78. The Bertz CT molecular complexity index is 241. The molecule has 0 aromatic carbocycles. The van der Waals surface area contributed by atoms with Gasteiger partial charge in [0.05, 0.1) is 0 Å². The maximum Gasteiger partial charge on any atom is 0.222 e. The first-order chi connectivity index (χ1) is 8.04. The van der Waals surface area contributed by atoms with Gasteiger partial charge < -0.3 is 10.6 Å². The van der Waals surface area contributed by atoms with E-state index in [-0.39, 0.29) is 0 Å². The van der Waals surface area contributed by atoms with Gasteiger partial charge in [-0.05, 0) is 30.7 Å². The van der Waals surface area contributed by atoms with E-state index in [1.165, 1.54) is 6.42 Å². The van der Waals surface area contributed by atoms with Crippen LogP contribution in [0.4, 0.5) is 0 Å². The molecule has 0 aromatic rings. The van der Waals surface area contributed by atoms with Crippen molar-refractivity contribution in [1.82, 2.24) is 4.90 Å². The van der Waals surface area contributed by atoms with Crippen molar-refractivity contribution < 1.29 is 4.79 Å². The molecule has 1 fully saturated rings. The van der Waals surface area contributed by atoms with Gasteiger partial charge in [0.2, 0.25) is 5.91 Å². The summed E-state index contributed by atoms with van der Waals surface area (Å²) < 4.78 is 0. The normalized spacial score (nSPS) is 21.3. The van der Waals surface area contributed by atoms with Crippen molar-refractivity contribution >= 4 is 5.91 Å². The molecule has 3 nitrogen and oxygen atoms in total. The van der Waals surface area contributed by atoms with E-state index in [1.54, 1.807) is 0 Å². The zero-order chi connectivity index (χ0) is 12.9. The third-order valence-electron chi connectivity index (χ3n) is 4.55. The highest BCUT2D eigenvalue weighted by molar-refractivity contribution is 5.76. The molecule has 1 atom stereocenters. The number of amides is 1. The number of hydrogen-bond donors (Lipinski definition) is 1. The van der Waals surface area contributed by atoms with E-state index < -0.39 is 0 Å². The Morgan fingerprint density at radius 1 is 1.35 bits per heavy atom. The number of carbonyl (C=O) groups excluding carboxylic acids is 1. The van der Waals surface area contributed by atoms with Gasteiger partial charge in [-0.25, -0.2) is 0 Å². The average Bonchev–Trinajstić information content (AvgIpc) is 2.36. The lowest BCUT2D eigenvalue weighted by molar-refractivity contribution is -0.134. The molecule has 2 N–H and O–H groups in total. The molecule has 0 aliphatic carbocycles. The minimum Gasteiger partial charge on any atom is -0.343 e. The van der Waals surface area contributed by atoms with Crippen LogP contribution >= 0.6 is 0 Å². The summed E-state index contributed by atoms with van der Waals surface area (Å²) in [4.78, 5) is 14.1. The van der Waals surface area contributed by atoms with Crippen LogP contribution in [0.25, 0.3) is 0 Å². The first-order valence-corrected chi connectivity index (χ1v) is 7.02. The highest BCUT2D eigenvalue weighted by Crippen LogP contribution is 2.34. The summed E-state index contributed by atoms with van der Waals surface area (Å²) in [6.45, 7) is 9.19. The van der Waals surface area contributed by atoms with Gasteiger partial charge in [-0.15, -0.1) is 0 Å². The standard InChI is InChI=1S/C14H28N2O/c1-4-12(11-15)10-13(17)16-8-6-14(3,5-2)7-9-16/h12H,4-11,15H2,1-3H3. The average molecular weight is 240 g/mol. The predicted molar refractivity (Wildman–Crippen MR) is 71.7 cm³/mol. The fourth-order valence-electron chi connectivity index (χ4n) is 2.42. The van der Waals surface area contributed by atoms with Crippen molar-refractivity contribution in [3.05, 3.63) is 0 Å². The second-order valence-electron chi connectivity index (χ2n) is 5.76. The van der Waals surface area contributed by atoms with Crippen LogP contribution in [0.2, 0.25) is 0 Å². The van der Waals surface area contributed by atoms with Crippen molar-refractivity contribution in [3.63, 3.8) is 0 Å². The molecule has 0 spiro atoms. The van der Waals surface area contributed by atoms with Crippen LogP contribution in [0.15, 0.2) is 0 Å². The van der Waals surface area contributed by atoms with Crippen LogP contribution in [0.5, 0.6) is 0 Å². The summed E-state index contributed by atoms with van der Waals surface area (Å²) in [5.41, 5.74) is 6.11. The molecule has 3 heteroatoms. The predicted octanol–water partition coefficient (Wildman–Crippen LogP) is 2.40. The Hall–Kier alpha value is -0.570. The lowest BCUT2D eigenvalue weighted by Crippen LogP contribution is -2.42. The zero-order valence-electron chi connectivity index (χ0n) is 11.7. The molecular formula is C14H28N2O. The summed E-state index contributed by atoms with van der Waals surface area (Å²) in [5.74, 6) is 0.669. The van der Waals surface area contributed by atoms with Crippen molar-refractivity contribution in [2.75, 3.05) is 19.6 Å². The Kier molecular flexibility index (Phi) is 5.44. The number of hydrogen-bond acceptors (Lipinski definition) is 2. The monoisotopic (exact) mass is 240 g/mol. The molecule has 0 saturated carbocycles. The van der Waals surface area contributed by atoms with Crippen LogP contribution < -0.4 is 5.73 Å². The number of rotatable bonds is 5. The topological polar surface area (TPSA) is 46.3 Å². The maximum atomic E-state index is 12.1. The fraction of sp³-hybridized carbons (Fsp3) is 0.929. The molecule has 100 valence electrons. The molecule has 1 saturated heterocycles. The van der Waals surface area contributed by atoms with E-state index in [0.29, 0.717) is 30.2 Å². The molecule has 17 heavy (non-hydrogen) atoms. The fourth-order valence-corrected chi connectivity index (χ4v) is 2.42. The molecule has 1 aliphatic heterocycles. The number of likely N-dealkylation sites (tertiary alicyclic amines) is 1. The number of piperidine rings is 1. The van der Waals surface area contributed by atoms with Crippen LogP contribution in [0, 0.1) is 11.3 Å². The summed E-state index contributed by atoms with van der Waals surface area (Å²) in [7, 11) is 0. The van der Waals surface area contributed by atoms with Crippen LogP contribution in [-0.4, -0.2) is 30.4 Å². The lowest BCUT2D eigenvalue weighted by Gasteiger charge is -2.39. The summed E-state index contributed by atoms with van der Waals surface area (Å²) in [6, 6.07) is 0. The second-order valence-corrected chi connectivity index (χ2v) is 5.76. The molecule has 0 radical (unpaired) electrons. The quantitative estimate of drug-likeness (QED) is 0.802. The number of nitrogens with zero attached hydrogens (tertiary/aromatic N) is 1. The largest absolute Gasteiger partial charge is 0.343 e. The van der Waals surface area contributed by atoms with Gasteiger partial charge in [0, 0.05) is 19.5 Å². The van der Waals surface area contributed by atoms with Gasteiger partial charge in [0.25, 0.3) is 0 Å². The van der Waals surface area contributed by atoms with Crippen molar-refractivity contribution in [2.45, 2.75) is 52.9 Å². The highest BCUT2D eigenvalue weighted by atomic mass is 16.2. The molecule has 1 aliphatic rings. The smallest absolute Gasteiger partial charge is 0.222 e. The van der Waals surface area contributed by atoms with Gasteiger partial charge in [-0.2, -0.15) is 0 Å². The number of carbonyl (C=O) groups is 1. The molecule has 0 aromatic heterocycles. The zero-order valence-corrected chi connectivity index (χ0v) is 11.7. The van der Waals surface area contributed by atoms with E-state index in [4.69, 9.17) is 5.73 Å². The molecule has 1 heterocycles. The SMILES string of the molecule is CCC(CN)CC(=O)N1CCC(C)(CC)CC1. The minimum absolute atomic E-state index is 0.306. The van der Waals surface area contributed by atoms with E-state index >= 15 is 0 Å². The molecule has 0 bridgehead atoms. The van der Waals surface area contributed by atoms with Gasteiger partial charge in [0.1, 0.15) is 0 Å². The summed E-state index contributed by atoms with van der Waals surface area (Å²) in [5, 5.41) is 0.